The smallest absolute Gasteiger partial charge is 0.269 e. The number of amides is 2. The number of aryl methyl sites for hydroxylation is 2. The van der Waals surface area contributed by atoms with Gasteiger partial charge in [-0.25, -0.2) is 0 Å². The fraction of sp³-hybridized carbons (Fsp3) is 0.607. The van der Waals surface area contributed by atoms with Crippen molar-refractivity contribution in [1.82, 2.24) is 20.0 Å². The van der Waals surface area contributed by atoms with Gasteiger partial charge in [0.05, 0.1) is 12.3 Å². The molecule has 1 atom stereocenters. The first-order chi connectivity index (χ1) is 18.1. The number of aliphatic hydroxyl groups excluding tert-OH is 1. The molecule has 0 radical (unpaired) electrons. The molecule has 0 aliphatic carbocycles. The first kappa shape index (κ1) is 27.3. The lowest BCUT2D eigenvalue weighted by molar-refractivity contribution is -0.103. The van der Waals surface area contributed by atoms with E-state index in [0.29, 0.717) is 62.6 Å². The molecular weight excluding hydrogens is 472 g/mol. The van der Waals surface area contributed by atoms with E-state index in [0.717, 1.165) is 56.5 Å². The molecule has 2 amide bonds. The third kappa shape index (κ3) is 7.18. The van der Waals surface area contributed by atoms with Crippen molar-refractivity contribution < 1.29 is 24.2 Å². The highest BCUT2D eigenvalue weighted by Crippen LogP contribution is 2.22. The Balaban J connectivity index is 1.35. The van der Waals surface area contributed by atoms with Gasteiger partial charge >= 0.3 is 0 Å². The number of likely N-dealkylation sites (tertiary alicyclic amines) is 1. The Morgan fingerprint density at radius 3 is 2.81 bits per heavy atom. The number of benzene rings is 1. The molecule has 3 heterocycles. The molecule has 2 N–H and O–H groups in total. The molecule has 1 saturated heterocycles. The highest BCUT2D eigenvalue weighted by molar-refractivity contribution is 5.95. The predicted octanol–water partition coefficient (Wildman–Crippen LogP) is 3.25. The maximum atomic E-state index is 12.9. The van der Waals surface area contributed by atoms with Gasteiger partial charge in [-0.05, 0) is 70.4 Å². The molecule has 9 heteroatoms. The van der Waals surface area contributed by atoms with E-state index in [1.807, 2.05) is 11.8 Å². The molecule has 0 saturated carbocycles. The Labute approximate surface area is 219 Å². The second-order valence-corrected chi connectivity index (χ2v) is 9.72. The molecule has 2 aliphatic rings. The molecule has 9 nitrogen and oxygen atoms in total. The van der Waals surface area contributed by atoms with E-state index in [4.69, 9.17) is 14.6 Å². The largest absolute Gasteiger partial charge is 0.381 e. The number of hydrogen-bond donors (Lipinski definition) is 2. The zero-order valence-electron chi connectivity index (χ0n) is 21.9. The van der Waals surface area contributed by atoms with Gasteiger partial charge < -0.3 is 24.8 Å². The van der Waals surface area contributed by atoms with Crippen LogP contribution in [-0.2, 0) is 28.9 Å². The minimum Gasteiger partial charge on any atom is -0.381 e. The lowest BCUT2D eigenvalue weighted by Crippen LogP contribution is -2.35. The first-order valence-electron chi connectivity index (χ1n) is 13.7. The summed E-state index contributed by atoms with van der Waals surface area (Å²) in [6.07, 6.45) is 5.79. The van der Waals surface area contributed by atoms with Crippen molar-refractivity contribution in [3.63, 3.8) is 0 Å². The van der Waals surface area contributed by atoms with Crippen LogP contribution in [0.25, 0.3) is 0 Å². The molecule has 2 aliphatic heterocycles. The minimum absolute atomic E-state index is 0.00777. The number of nitrogens with zero attached hydrogens (tertiary/aromatic N) is 3. The average molecular weight is 513 g/mol. The molecule has 0 spiro atoms. The first-order valence-corrected chi connectivity index (χ1v) is 13.7. The van der Waals surface area contributed by atoms with Crippen LogP contribution >= 0.6 is 0 Å². The van der Waals surface area contributed by atoms with Gasteiger partial charge in [0.15, 0.2) is 6.29 Å². The van der Waals surface area contributed by atoms with E-state index in [1.54, 1.807) is 28.9 Å². The Morgan fingerprint density at radius 2 is 2.00 bits per heavy atom. The Bertz CT molecular complexity index is 1050. The number of fused-ring (bicyclic) bond motifs is 1. The quantitative estimate of drug-likeness (QED) is 0.416. The molecule has 1 aromatic carbocycles. The van der Waals surface area contributed by atoms with Crippen molar-refractivity contribution in [1.29, 1.82) is 0 Å². The summed E-state index contributed by atoms with van der Waals surface area (Å²) in [6, 6.07) is 7.08. The molecule has 1 fully saturated rings. The lowest BCUT2D eigenvalue weighted by Gasteiger charge is -2.27. The SMILES string of the molecule is CCn1nc(CCCOC(O)c2cccc(C(=O)N3CCCCC3)c2)c2c1C(=O)NCCCOCCC2. The standard InChI is InChI=1S/C28H40N4O5/c1-2-32-25-23(12-7-17-36-18-9-14-29-26(25)33)24(30-32)13-8-19-37-28(35)22-11-6-10-21(20-22)27(34)31-15-4-3-5-16-31/h6,10-11,20,28,35H,2-5,7-9,12-19H2,1H3,(H,29,33). The van der Waals surface area contributed by atoms with E-state index in [-0.39, 0.29) is 11.8 Å². The molecule has 1 unspecified atom stereocenters. The average Bonchev–Trinajstić information content (AvgIpc) is 3.27. The summed E-state index contributed by atoms with van der Waals surface area (Å²) < 4.78 is 13.2. The van der Waals surface area contributed by atoms with Crippen LogP contribution in [0.15, 0.2) is 24.3 Å². The van der Waals surface area contributed by atoms with Crippen LogP contribution in [0.1, 0.15) is 89.4 Å². The number of aromatic nitrogens is 2. The number of rotatable bonds is 8. The van der Waals surface area contributed by atoms with Gasteiger partial charge in [0.25, 0.3) is 11.8 Å². The van der Waals surface area contributed by atoms with Crippen LogP contribution in [0, 0.1) is 0 Å². The van der Waals surface area contributed by atoms with Gasteiger partial charge in [-0.1, -0.05) is 12.1 Å². The van der Waals surface area contributed by atoms with E-state index < -0.39 is 6.29 Å². The van der Waals surface area contributed by atoms with Gasteiger partial charge in [-0.2, -0.15) is 5.10 Å². The van der Waals surface area contributed by atoms with Gasteiger partial charge in [-0.15, -0.1) is 0 Å². The topological polar surface area (TPSA) is 106 Å². The molecule has 2 aromatic rings. The molecule has 37 heavy (non-hydrogen) atoms. The Morgan fingerprint density at radius 1 is 1.19 bits per heavy atom. The normalized spacial score (nSPS) is 18.0. The van der Waals surface area contributed by atoms with Crippen LogP contribution in [0.2, 0.25) is 0 Å². The van der Waals surface area contributed by atoms with Crippen molar-refractivity contribution in [2.75, 3.05) is 39.5 Å². The third-order valence-electron chi connectivity index (χ3n) is 7.01. The summed E-state index contributed by atoms with van der Waals surface area (Å²) in [5, 5.41) is 18.3. The van der Waals surface area contributed by atoms with E-state index >= 15 is 0 Å². The molecule has 202 valence electrons. The second-order valence-electron chi connectivity index (χ2n) is 9.72. The van der Waals surface area contributed by atoms with Crippen LogP contribution in [0.3, 0.4) is 0 Å². The fourth-order valence-electron chi connectivity index (χ4n) is 5.04. The van der Waals surface area contributed by atoms with Gasteiger partial charge in [0.2, 0.25) is 0 Å². The summed E-state index contributed by atoms with van der Waals surface area (Å²) in [4.78, 5) is 27.6. The van der Waals surface area contributed by atoms with Crippen molar-refractivity contribution in [2.24, 2.45) is 0 Å². The molecule has 1 aromatic heterocycles. The zero-order chi connectivity index (χ0) is 26.0. The fourth-order valence-corrected chi connectivity index (χ4v) is 5.04. The lowest BCUT2D eigenvalue weighted by atomic mass is 10.0. The second kappa shape index (κ2) is 13.7. The summed E-state index contributed by atoms with van der Waals surface area (Å²) in [5.74, 6) is -0.0726. The monoisotopic (exact) mass is 512 g/mol. The predicted molar refractivity (Wildman–Crippen MR) is 139 cm³/mol. The summed E-state index contributed by atoms with van der Waals surface area (Å²) >= 11 is 0. The molecule has 4 rings (SSSR count). The van der Waals surface area contributed by atoms with Crippen LogP contribution in [0.5, 0.6) is 0 Å². The van der Waals surface area contributed by atoms with Crippen LogP contribution < -0.4 is 5.32 Å². The molecule has 0 bridgehead atoms. The zero-order valence-corrected chi connectivity index (χ0v) is 21.9. The minimum atomic E-state index is -1.11. The van der Waals surface area contributed by atoms with E-state index in [9.17, 15) is 14.7 Å². The number of ether oxygens (including phenoxy) is 2. The molecular formula is C28H40N4O5. The Kier molecular flexibility index (Phi) is 10.1. The number of aliphatic hydroxyl groups is 1. The number of hydrogen-bond acceptors (Lipinski definition) is 6. The maximum absolute atomic E-state index is 12.9. The van der Waals surface area contributed by atoms with E-state index in [2.05, 4.69) is 5.32 Å². The number of nitrogens with one attached hydrogen (secondary N) is 1. The summed E-state index contributed by atoms with van der Waals surface area (Å²) in [5.41, 5.74) is 3.68. The Hall–Kier alpha value is -2.75. The van der Waals surface area contributed by atoms with E-state index in [1.165, 1.54) is 6.42 Å². The maximum Gasteiger partial charge on any atom is 0.269 e. The van der Waals surface area contributed by atoms with Crippen molar-refractivity contribution in [3.8, 4) is 0 Å². The van der Waals surface area contributed by atoms with Gasteiger partial charge in [0.1, 0.15) is 5.69 Å². The van der Waals surface area contributed by atoms with Crippen molar-refractivity contribution in [2.45, 2.75) is 71.1 Å². The highest BCUT2D eigenvalue weighted by atomic mass is 16.6. The van der Waals surface area contributed by atoms with Gasteiger partial charge in [0, 0.05) is 56.1 Å². The highest BCUT2D eigenvalue weighted by Gasteiger charge is 2.23. The van der Waals surface area contributed by atoms with Gasteiger partial charge in [-0.3, -0.25) is 14.3 Å². The third-order valence-corrected chi connectivity index (χ3v) is 7.01. The van der Waals surface area contributed by atoms with Crippen molar-refractivity contribution in [3.05, 3.63) is 52.3 Å². The summed E-state index contributed by atoms with van der Waals surface area (Å²) in [7, 11) is 0. The summed E-state index contributed by atoms with van der Waals surface area (Å²) in [6.45, 7) is 6.41. The number of piperidine rings is 1. The van der Waals surface area contributed by atoms with Crippen molar-refractivity contribution >= 4 is 11.8 Å². The van der Waals surface area contributed by atoms with Crippen LogP contribution in [-0.4, -0.2) is 71.1 Å². The number of carbonyl (C=O) groups is 2. The number of carbonyl (C=O) groups excluding carboxylic acids is 2. The van der Waals surface area contributed by atoms with Crippen LogP contribution in [0.4, 0.5) is 0 Å².